The molecule has 0 amide bonds. The van der Waals surface area contributed by atoms with Crippen LogP contribution in [0.25, 0.3) is 6.08 Å². The van der Waals surface area contributed by atoms with Crippen LogP contribution < -0.4 is 4.74 Å². The van der Waals surface area contributed by atoms with Crippen LogP contribution in [-0.4, -0.2) is 30.9 Å². The summed E-state index contributed by atoms with van der Waals surface area (Å²) in [5.41, 5.74) is 0.831. The van der Waals surface area contributed by atoms with Gasteiger partial charge in [0.2, 0.25) is 0 Å². The number of carbonyl (C=O) groups is 1. The first-order valence-corrected chi connectivity index (χ1v) is 6.55. The van der Waals surface area contributed by atoms with E-state index in [1.165, 1.54) is 0 Å². The summed E-state index contributed by atoms with van der Waals surface area (Å²) in [6.45, 7) is 5.52. The molecule has 20 heavy (non-hydrogen) atoms. The first-order valence-electron chi connectivity index (χ1n) is 6.55. The lowest BCUT2D eigenvalue weighted by atomic mass is 10.2. The molecule has 0 bridgehead atoms. The van der Waals surface area contributed by atoms with E-state index in [2.05, 4.69) is 6.58 Å². The molecular weight excluding hydrogens is 256 g/mol. The molecule has 0 saturated heterocycles. The van der Waals surface area contributed by atoms with Gasteiger partial charge in [0.25, 0.3) is 0 Å². The van der Waals surface area contributed by atoms with Gasteiger partial charge in [0.1, 0.15) is 5.75 Å². The number of carboxylic acid groups (broad SMARTS) is 1. The maximum Gasteiger partial charge on any atom is 0.328 e. The molecule has 0 saturated carbocycles. The Morgan fingerprint density at radius 1 is 1.20 bits per heavy atom. The van der Waals surface area contributed by atoms with Crippen molar-refractivity contribution in [2.24, 2.45) is 0 Å². The molecule has 4 heteroatoms. The smallest absolute Gasteiger partial charge is 0.328 e. The van der Waals surface area contributed by atoms with E-state index in [4.69, 9.17) is 14.6 Å². The molecule has 1 rings (SSSR count). The van der Waals surface area contributed by atoms with E-state index in [0.29, 0.717) is 19.8 Å². The summed E-state index contributed by atoms with van der Waals surface area (Å²) in [6, 6.07) is 7.30. The summed E-state index contributed by atoms with van der Waals surface area (Å²) in [5.74, 6) is -0.173. The van der Waals surface area contributed by atoms with E-state index in [9.17, 15) is 4.79 Å². The van der Waals surface area contributed by atoms with Gasteiger partial charge in [0.15, 0.2) is 0 Å². The number of rotatable bonds is 10. The Balaban J connectivity index is 2.21. The molecule has 0 aliphatic heterocycles. The third-order valence-corrected chi connectivity index (χ3v) is 2.49. The molecule has 0 atom stereocenters. The minimum absolute atomic E-state index is 0.589. The maximum absolute atomic E-state index is 10.4. The first kappa shape index (κ1) is 16.0. The Morgan fingerprint density at radius 2 is 1.90 bits per heavy atom. The zero-order valence-electron chi connectivity index (χ0n) is 11.5. The van der Waals surface area contributed by atoms with Crippen molar-refractivity contribution in [3.63, 3.8) is 0 Å². The lowest BCUT2D eigenvalue weighted by molar-refractivity contribution is -0.131. The molecule has 0 radical (unpaired) electrons. The van der Waals surface area contributed by atoms with Gasteiger partial charge in [0.05, 0.1) is 13.2 Å². The van der Waals surface area contributed by atoms with Gasteiger partial charge >= 0.3 is 5.97 Å². The van der Waals surface area contributed by atoms with Crippen LogP contribution in [0, 0.1) is 0 Å². The zero-order valence-corrected chi connectivity index (χ0v) is 11.5. The maximum atomic E-state index is 10.4. The monoisotopic (exact) mass is 276 g/mol. The van der Waals surface area contributed by atoms with E-state index in [-0.39, 0.29) is 0 Å². The molecule has 0 heterocycles. The van der Waals surface area contributed by atoms with Crippen molar-refractivity contribution in [1.29, 1.82) is 0 Å². The van der Waals surface area contributed by atoms with Crippen LogP contribution >= 0.6 is 0 Å². The van der Waals surface area contributed by atoms with Gasteiger partial charge in [-0.1, -0.05) is 18.2 Å². The zero-order chi connectivity index (χ0) is 14.6. The van der Waals surface area contributed by atoms with E-state index < -0.39 is 5.97 Å². The quantitative estimate of drug-likeness (QED) is 0.405. The van der Waals surface area contributed by atoms with Crippen molar-refractivity contribution in [2.75, 3.05) is 19.8 Å². The highest BCUT2D eigenvalue weighted by atomic mass is 16.5. The van der Waals surface area contributed by atoms with E-state index in [1.54, 1.807) is 12.2 Å². The second kappa shape index (κ2) is 9.81. The summed E-state index contributed by atoms with van der Waals surface area (Å²) in [4.78, 5) is 10.4. The van der Waals surface area contributed by atoms with Crippen molar-refractivity contribution in [2.45, 2.75) is 12.8 Å². The fraction of sp³-hybridized carbons (Fsp3) is 0.312. The van der Waals surface area contributed by atoms with Crippen molar-refractivity contribution in [1.82, 2.24) is 0 Å². The standard InChI is InChI=1S/C16H20O4/c1-2-11-19-12-3-4-13-20-15-8-5-14(6-9-15)7-10-16(17)18/h2,5-10H,1,3-4,11-13H2,(H,17,18). The van der Waals surface area contributed by atoms with Crippen LogP contribution in [0.3, 0.4) is 0 Å². The summed E-state index contributed by atoms with van der Waals surface area (Å²) >= 11 is 0. The van der Waals surface area contributed by atoms with Gasteiger partial charge < -0.3 is 14.6 Å². The Labute approximate surface area is 119 Å². The van der Waals surface area contributed by atoms with Gasteiger partial charge in [-0.05, 0) is 36.6 Å². The summed E-state index contributed by atoms with van der Waals surface area (Å²) in [5, 5.41) is 8.52. The molecule has 0 aliphatic carbocycles. The summed E-state index contributed by atoms with van der Waals surface area (Å²) in [7, 11) is 0. The Hall–Kier alpha value is -2.07. The largest absolute Gasteiger partial charge is 0.494 e. The molecule has 0 fully saturated rings. The molecule has 0 aromatic heterocycles. The SMILES string of the molecule is C=CCOCCCCOc1ccc(C=CC(=O)O)cc1. The van der Waals surface area contributed by atoms with Gasteiger partial charge in [0, 0.05) is 12.7 Å². The van der Waals surface area contributed by atoms with Crippen molar-refractivity contribution in [3.05, 3.63) is 48.6 Å². The van der Waals surface area contributed by atoms with E-state index >= 15 is 0 Å². The van der Waals surface area contributed by atoms with Crippen molar-refractivity contribution in [3.8, 4) is 5.75 Å². The van der Waals surface area contributed by atoms with Gasteiger partial charge in [-0.2, -0.15) is 0 Å². The molecular formula is C16H20O4. The molecule has 108 valence electrons. The van der Waals surface area contributed by atoms with Crippen LogP contribution in [0.4, 0.5) is 0 Å². The Kier molecular flexibility index (Phi) is 7.84. The average Bonchev–Trinajstić information content (AvgIpc) is 2.45. The van der Waals surface area contributed by atoms with Gasteiger partial charge in [-0.25, -0.2) is 4.79 Å². The summed E-state index contributed by atoms with van der Waals surface area (Å²) in [6.07, 6.45) is 6.27. The van der Waals surface area contributed by atoms with Crippen LogP contribution in [0.5, 0.6) is 5.75 Å². The lowest BCUT2D eigenvalue weighted by Gasteiger charge is -2.06. The van der Waals surface area contributed by atoms with Crippen molar-refractivity contribution >= 4 is 12.0 Å². The fourth-order valence-corrected chi connectivity index (χ4v) is 1.51. The fourth-order valence-electron chi connectivity index (χ4n) is 1.51. The predicted molar refractivity (Wildman–Crippen MR) is 78.9 cm³/mol. The number of carboxylic acids is 1. The minimum atomic E-state index is -0.955. The summed E-state index contributed by atoms with van der Waals surface area (Å²) < 4.78 is 10.8. The Morgan fingerprint density at radius 3 is 2.55 bits per heavy atom. The highest BCUT2D eigenvalue weighted by Gasteiger charge is 1.95. The number of ether oxygens (including phenoxy) is 2. The van der Waals surface area contributed by atoms with E-state index in [1.807, 2.05) is 24.3 Å². The molecule has 1 aromatic rings. The topological polar surface area (TPSA) is 55.8 Å². The van der Waals surface area contributed by atoms with Crippen LogP contribution in [0.2, 0.25) is 0 Å². The van der Waals surface area contributed by atoms with E-state index in [0.717, 1.165) is 30.2 Å². The van der Waals surface area contributed by atoms with Gasteiger partial charge in [-0.15, -0.1) is 6.58 Å². The number of aliphatic carboxylic acids is 1. The predicted octanol–water partition coefficient (Wildman–Crippen LogP) is 3.15. The first-order chi connectivity index (χ1) is 9.72. The average molecular weight is 276 g/mol. The number of hydrogen-bond acceptors (Lipinski definition) is 3. The molecule has 0 unspecified atom stereocenters. The molecule has 1 aromatic carbocycles. The lowest BCUT2D eigenvalue weighted by Crippen LogP contribution is -2.00. The molecule has 1 N–H and O–H groups in total. The number of unbranched alkanes of at least 4 members (excludes halogenated alkanes) is 1. The molecule has 4 nitrogen and oxygen atoms in total. The molecule has 0 spiro atoms. The second-order valence-corrected chi connectivity index (χ2v) is 4.16. The van der Waals surface area contributed by atoms with Crippen LogP contribution in [0.1, 0.15) is 18.4 Å². The second-order valence-electron chi connectivity index (χ2n) is 4.16. The third kappa shape index (κ3) is 7.38. The van der Waals surface area contributed by atoms with Gasteiger partial charge in [-0.3, -0.25) is 0 Å². The highest BCUT2D eigenvalue weighted by Crippen LogP contribution is 2.13. The van der Waals surface area contributed by atoms with Crippen molar-refractivity contribution < 1.29 is 19.4 Å². The van der Waals surface area contributed by atoms with Crippen LogP contribution in [-0.2, 0) is 9.53 Å². The third-order valence-electron chi connectivity index (χ3n) is 2.49. The number of benzene rings is 1. The number of hydrogen-bond donors (Lipinski definition) is 1. The minimum Gasteiger partial charge on any atom is -0.494 e. The Bertz CT molecular complexity index is 434. The normalized spacial score (nSPS) is 10.6. The molecule has 0 aliphatic rings. The van der Waals surface area contributed by atoms with Crippen LogP contribution in [0.15, 0.2) is 43.0 Å². The highest BCUT2D eigenvalue weighted by molar-refractivity contribution is 5.85.